The Balaban J connectivity index is 2.15. The SMILES string of the molecule is Cc1ccc(C2CCCC2)o1. The van der Waals surface area contributed by atoms with Crippen molar-refractivity contribution in [1.82, 2.24) is 0 Å². The number of furan rings is 1. The molecule has 60 valence electrons. The van der Waals surface area contributed by atoms with Crippen LogP contribution in [-0.2, 0) is 0 Å². The third-order valence-electron chi connectivity index (χ3n) is 2.52. The summed E-state index contributed by atoms with van der Waals surface area (Å²) in [5.74, 6) is 2.98. The van der Waals surface area contributed by atoms with Crippen molar-refractivity contribution in [2.75, 3.05) is 0 Å². The van der Waals surface area contributed by atoms with Gasteiger partial charge in [-0.25, -0.2) is 0 Å². The van der Waals surface area contributed by atoms with Crippen LogP contribution in [0.2, 0.25) is 0 Å². The van der Waals surface area contributed by atoms with Crippen LogP contribution in [0.4, 0.5) is 0 Å². The molecule has 0 bridgehead atoms. The van der Waals surface area contributed by atoms with Gasteiger partial charge in [-0.2, -0.15) is 0 Å². The van der Waals surface area contributed by atoms with Gasteiger partial charge in [0.25, 0.3) is 0 Å². The molecule has 1 fully saturated rings. The summed E-state index contributed by atoms with van der Waals surface area (Å²) >= 11 is 0. The molecule has 0 aromatic carbocycles. The second kappa shape index (κ2) is 2.72. The van der Waals surface area contributed by atoms with Gasteiger partial charge in [-0.15, -0.1) is 0 Å². The van der Waals surface area contributed by atoms with Crippen molar-refractivity contribution >= 4 is 0 Å². The third kappa shape index (κ3) is 1.32. The topological polar surface area (TPSA) is 13.1 Å². The van der Waals surface area contributed by atoms with E-state index in [0.717, 1.165) is 11.7 Å². The van der Waals surface area contributed by atoms with Crippen molar-refractivity contribution in [3.63, 3.8) is 0 Å². The normalized spacial score (nSPS) is 19.4. The average molecular weight is 150 g/mol. The predicted molar refractivity (Wildman–Crippen MR) is 44.7 cm³/mol. The Morgan fingerprint density at radius 2 is 2.00 bits per heavy atom. The molecule has 1 aromatic heterocycles. The fraction of sp³-hybridized carbons (Fsp3) is 0.600. The zero-order valence-corrected chi connectivity index (χ0v) is 6.97. The van der Waals surface area contributed by atoms with Crippen LogP contribution in [-0.4, -0.2) is 0 Å². The molecule has 1 heterocycles. The molecule has 2 rings (SSSR count). The fourth-order valence-electron chi connectivity index (χ4n) is 1.88. The molecular weight excluding hydrogens is 136 g/mol. The predicted octanol–water partition coefficient (Wildman–Crippen LogP) is 3.25. The summed E-state index contributed by atoms with van der Waals surface area (Å²) in [6.45, 7) is 2.01. The van der Waals surface area contributed by atoms with E-state index < -0.39 is 0 Å². The maximum atomic E-state index is 5.57. The van der Waals surface area contributed by atoms with Crippen LogP contribution in [0.15, 0.2) is 16.5 Å². The number of aryl methyl sites for hydroxylation is 1. The lowest BCUT2D eigenvalue weighted by Crippen LogP contribution is -1.87. The monoisotopic (exact) mass is 150 g/mol. The molecule has 1 heteroatoms. The molecule has 1 aromatic rings. The number of hydrogen-bond donors (Lipinski definition) is 0. The first-order valence-electron chi connectivity index (χ1n) is 4.42. The van der Waals surface area contributed by atoms with E-state index in [0.29, 0.717) is 0 Å². The Morgan fingerprint density at radius 3 is 2.55 bits per heavy atom. The van der Waals surface area contributed by atoms with Crippen molar-refractivity contribution in [3.8, 4) is 0 Å². The van der Waals surface area contributed by atoms with Crippen LogP contribution in [0.1, 0.15) is 43.1 Å². The van der Waals surface area contributed by atoms with Crippen LogP contribution in [0.25, 0.3) is 0 Å². The zero-order valence-electron chi connectivity index (χ0n) is 6.97. The van der Waals surface area contributed by atoms with E-state index in [1.54, 1.807) is 0 Å². The quantitative estimate of drug-likeness (QED) is 0.599. The highest BCUT2D eigenvalue weighted by Gasteiger charge is 2.19. The van der Waals surface area contributed by atoms with Crippen LogP contribution in [0.3, 0.4) is 0 Å². The van der Waals surface area contributed by atoms with E-state index >= 15 is 0 Å². The second-order valence-corrected chi connectivity index (χ2v) is 3.43. The minimum atomic E-state index is 0.726. The Kier molecular flexibility index (Phi) is 1.72. The van der Waals surface area contributed by atoms with Gasteiger partial charge in [0.1, 0.15) is 11.5 Å². The van der Waals surface area contributed by atoms with Gasteiger partial charge < -0.3 is 4.42 Å². The molecule has 0 unspecified atom stereocenters. The molecule has 1 nitrogen and oxygen atoms in total. The molecule has 0 aliphatic heterocycles. The van der Waals surface area contributed by atoms with Crippen LogP contribution in [0, 0.1) is 6.92 Å². The number of rotatable bonds is 1. The second-order valence-electron chi connectivity index (χ2n) is 3.43. The molecule has 0 amide bonds. The molecule has 1 aliphatic rings. The van der Waals surface area contributed by atoms with Gasteiger partial charge >= 0.3 is 0 Å². The Morgan fingerprint density at radius 1 is 1.27 bits per heavy atom. The summed E-state index contributed by atoms with van der Waals surface area (Å²) in [5, 5.41) is 0. The smallest absolute Gasteiger partial charge is 0.107 e. The van der Waals surface area contributed by atoms with E-state index in [1.165, 1.54) is 31.4 Å². The summed E-state index contributed by atoms with van der Waals surface area (Å²) in [6, 6.07) is 4.19. The summed E-state index contributed by atoms with van der Waals surface area (Å²) in [4.78, 5) is 0. The van der Waals surface area contributed by atoms with Crippen LogP contribution < -0.4 is 0 Å². The lowest BCUT2D eigenvalue weighted by atomic mass is 10.1. The average Bonchev–Trinajstić information content (AvgIpc) is 2.55. The third-order valence-corrected chi connectivity index (χ3v) is 2.52. The van der Waals surface area contributed by atoms with Crippen LogP contribution in [0.5, 0.6) is 0 Å². The Hall–Kier alpha value is -0.720. The number of hydrogen-bond acceptors (Lipinski definition) is 1. The van der Waals surface area contributed by atoms with Gasteiger partial charge in [-0.05, 0) is 31.9 Å². The largest absolute Gasteiger partial charge is 0.466 e. The Bertz CT molecular complexity index is 231. The molecule has 0 spiro atoms. The fourth-order valence-corrected chi connectivity index (χ4v) is 1.88. The van der Waals surface area contributed by atoms with Crippen molar-refractivity contribution in [3.05, 3.63) is 23.7 Å². The molecule has 0 N–H and O–H groups in total. The van der Waals surface area contributed by atoms with E-state index in [-0.39, 0.29) is 0 Å². The van der Waals surface area contributed by atoms with E-state index in [9.17, 15) is 0 Å². The van der Waals surface area contributed by atoms with Gasteiger partial charge in [0, 0.05) is 5.92 Å². The zero-order chi connectivity index (χ0) is 7.68. The molecule has 1 saturated carbocycles. The van der Waals surface area contributed by atoms with Gasteiger partial charge in [0.05, 0.1) is 0 Å². The van der Waals surface area contributed by atoms with Crippen LogP contribution >= 0.6 is 0 Å². The minimum absolute atomic E-state index is 0.726. The van der Waals surface area contributed by atoms with Gasteiger partial charge in [-0.3, -0.25) is 0 Å². The van der Waals surface area contributed by atoms with Crippen molar-refractivity contribution in [2.45, 2.75) is 38.5 Å². The molecular formula is C10H14O. The highest BCUT2D eigenvalue weighted by molar-refractivity contribution is 5.11. The van der Waals surface area contributed by atoms with E-state index in [2.05, 4.69) is 12.1 Å². The first kappa shape index (κ1) is 6.96. The minimum Gasteiger partial charge on any atom is -0.466 e. The van der Waals surface area contributed by atoms with Crippen molar-refractivity contribution < 1.29 is 4.42 Å². The molecule has 11 heavy (non-hydrogen) atoms. The Labute approximate surface area is 67.4 Å². The highest BCUT2D eigenvalue weighted by atomic mass is 16.3. The van der Waals surface area contributed by atoms with Gasteiger partial charge in [0.15, 0.2) is 0 Å². The first-order valence-corrected chi connectivity index (χ1v) is 4.42. The van der Waals surface area contributed by atoms with E-state index in [1.807, 2.05) is 6.92 Å². The summed E-state index contributed by atoms with van der Waals surface area (Å²) in [5.41, 5.74) is 0. The molecule has 0 atom stereocenters. The maximum absolute atomic E-state index is 5.57. The van der Waals surface area contributed by atoms with E-state index in [4.69, 9.17) is 4.42 Å². The summed E-state index contributed by atoms with van der Waals surface area (Å²) in [6.07, 6.45) is 5.41. The molecule has 0 saturated heterocycles. The van der Waals surface area contributed by atoms with Crippen molar-refractivity contribution in [1.29, 1.82) is 0 Å². The standard InChI is InChI=1S/C10H14O/c1-8-6-7-10(11-8)9-4-2-3-5-9/h6-7,9H,2-5H2,1H3. The summed E-state index contributed by atoms with van der Waals surface area (Å²) < 4.78 is 5.57. The lowest BCUT2D eigenvalue weighted by Gasteiger charge is -2.02. The van der Waals surface area contributed by atoms with Gasteiger partial charge in [-0.1, -0.05) is 12.8 Å². The van der Waals surface area contributed by atoms with Gasteiger partial charge in [0.2, 0.25) is 0 Å². The maximum Gasteiger partial charge on any atom is 0.107 e. The summed E-state index contributed by atoms with van der Waals surface area (Å²) in [7, 11) is 0. The lowest BCUT2D eigenvalue weighted by molar-refractivity contribution is 0.445. The first-order chi connectivity index (χ1) is 5.36. The molecule has 0 radical (unpaired) electrons. The highest BCUT2D eigenvalue weighted by Crippen LogP contribution is 2.34. The van der Waals surface area contributed by atoms with Crippen molar-refractivity contribution in [2.24, 2.45) is 0 Å². The molecule has 1 aliphatic carbocycles.